The number of hydrogen-bond acceptors (Lipinski definition) is 3. The zero-order valence-corrected chi connectivity index (χ0v) is 7.78. The fourth-order valence-electron chi connectivity index (χ4n) is 0.574. The predicted molar refractivity (Wildman–Crippen MR) is 50.4 cm³/mol. The molecule has 0 heterocycles. The molecule has 4 heteroatoms. The number of rotatable bonds is 1. The smallest absolute Gasteiger partial charge is 0.168 e. The summed E-state index contributed by atoms with van der Waals surface area (Å²) in [6, 6.07) is 5.36. The number of hydrogen-bond donors (Lipinski definition) is 2. The van der Waals surface area contributed by atoms with Gasteiger partial charge in [-0.15, -0.1) is 0 Å². The minimum atomic E-state index is -2.52. The maximum atomic E-state index is 10.3. The van der Waals surface area contributed by atoms with E-state index in [-0.39, 0.29) is 10.6 Å². The molecule has 0 atom stereocenters. The molecule has 1 aliphatic rings. The number of thiol groups is 1. The van der Waals surface area contributed by atoms with Gasteiger partial charge in [0, 0.05) is 0 Å². The number of phenolic OH excluding ortho intramolecular Hbond substituents is 1. The lowest BCUT2D eigenvalue weighted by atomic mass is 10.3. The molecule has 1 aromatic rings. The van der Waals surface area contributed by atoms with E-state index in [1.165, 1.54) is 30.7 Å². The third-order valence-corrected chi connectivity index (χ3v) is 2.02. The van der Waals surface area contributed by atoms with Gasteiger partial charge in [0.2, 0.25) is 0 Å². The van der Waals surface area contributed by atoms with Crippen LogP contribution in [-0.4, -0.2) is 13.5 Å². The molecule has 0 amide bonds. The van der Waals surface area contributed by atoms with Gasteiger partial charge in [-0.25, -0.2) is 8.42 Å². The Morgan fingerprint density at radius 3 is 1.85 bits per heavy atom. The molecular weight excluding hydrogens is 188 g/mol. The van der Waals surface area contributed by atoms with E-state index >= 15 is 0 Å². The zero-order valence-electron chi connectivity index (χ0n) is 6.88. The van der Waals surface area contributed by atoms with Crippen molar-refractivity contribution in [3.63, 3.8) is 0 Å². The van der Waals surface area contributed by atoms with E-state index in [1.807, 2.05) is 0 Å². The largest absolute Gasteiger partial charge is 0.508 e. The van der Waals surface area contributed by atoms with E-state index in [4.69, 9.17) is 5.11 Å². The molecule has 2 rings (SSSR count). The standard InChI is InChI=1S/C6H6O3S.C3H4/c7-5-1-3-6(4-2-5)10(8)9;1-2-3-1/h1-4,7,10H;1-2H,3H2. The van der Waals surface area contributed by atoms with Crippen LogP contribution >= 0.6 is 0 Å². The molecule has 0 spiro atoms. The minimum absolute atomic E-state index is 0.0700. The zero-order chi connectivity index (χ0) is 9.68. The summed E-state index contributed by atoms with van der Waals surface area (Å²) in [5.41, 5.74) is 0. The van der Waals surface area contributed by atoms with Crippen molar-refractivity contribution in [2.75, 3.05) is 0 Å². The minimum Gasteiger partial charge on any atom is -0.508 e. The first-order chi connectivity index (χ1) is 6.20. The SMILES string of the molecule is C1=CC1.O=[SH](=O)c1ccc(O)cc1. The average Bonchev–Trinajstić information content (AvgIpc) is 2.90. The molecule has 0 bridgehead atoms. The van der Waals surface area contributed by atoms with Crippen LogP contribution in [0.1, 0.15) is 6.42 Å². The second-order valence-corrected chi connectivity index (χ2v) is 3.51. The lowest BCUT2D eigenvalue weighted by Gasteiger charge is -1.89. The van der Waals surface area contributed by atoms with Gasteiger partial charge in [-0.05, 0) is 30.7 Å². The topological polar surface area (TPSA) is 54.4 Å². The third-order valence-electron chi connectivity index (χ3n) is 1.30. The Hall–Kier alpha value is -1.29. The van der Waals surface area contributed by atoms with Crippen LogP contribution in [0.15, 0.2) is 41.3 Å². The van der Waals surface area contributed by atoms with E-state index in [2.05, 4.69) is 12.2 Å². The fourth-order valence-corrected chi connectivity index (χ4v) is 0.967. The van der Waals surface area contributed by atoms with Gasteiger partial charge >= 0.3 is 0 Å². The Kier molecular flexibility index (Phi) is 3.52. The molecule has 0 saturated heterocycles. The second-order valence-electron chi connectivity index (χ2n) is 2.48. The van der Waals surface area contributed by atoms with Gasteiger partial charge in [0.15, 0.2) is 10.7 Å². The van der Waals surface area contributed by atoms with Crippen LogP contribution in [0.4, 0.5) is 0 Å². The quantitative estimate of drug-likeness (QED) is 0.528. The van der Waals surface area contributed by atoms with Crippen LogP contribution in [0.5, 0.6) is 5.75 Å². The maximum Gasteiger partial charge on any atom is 0.168 e. The summed E-state index contributed by atoms with van der Waals surface area (Å²) < 4.78 is 20.5. The molecule has 1 aromatic carbocycles. The van der Waals surface area contributed by atoms with Crippen molar-refractivity contribution in [2.24, 2.45) is 0 Å². The monoisotopic (exact) mass is 198 g/mol. The second kappa shape index (κ2) is 4.67. The summed E-state index contributed by atoms with van der Waals surface area (Å²) >= 11 is 0. The lowest BCUT2D eigenvalue weighted by molar-refractivity contribution is 0.475. The Balaban J connectivity index is 0.000000236. The van der Waals surface area contributed by atoms with E-state index in [1.54, 1.807) is 0 Å². The van der Waals surface area contributed by atoms with Gasteiger partial charge in [-0.2, -0.15) is 0 Å². The predicted octanol–water partition coefficient (Wildman–Crippen LogP) is 1.31. The molecule has 0 saturated carbocycles. The highest BCUT2D eigenvalue weighted by molar-refractivity contribution is 7.72. The molecule has 0 aliphatic heterocycles. The van der Waals surface area contributed by atoms with Crippen LogP contribution < -0.4 is 0 Å². The van der Waals surface area contributed by atoms with E-state index in [0.717, 1.165) is 0 Å². The Labute approximate surface area is 78.3 Å². The van der Waals surface area contributed by atoms with Crippen LogP contribution in [0.3, 0.4) is 0 Å². The van der Waals surface area contributed by atoms with Crippen LogP contribution in [0.25, 0.3) is 0 Å². The highest BCUT2D eigenvalue weighted by Gasteiger charge is 1.92. The number of allylic oxidation sites excluding steroid dienone is 2. The number of benzene rings is 1. The number of aromatic hydroxyl groups is 1. The molecule has 1 aliphatic carbocycles. The maximum absolute atomic E-state index is 10.3. The molecule has 0 radical (unpaired) electrons. The Morgan fingerprint density at radius 2 is 1.54 bits per heavy atom. The summed E-state index contributed by atoms with van der Waals surface area (Å²) in [6.07, 6.45) is 5.50. The summed E-state index contributed by atoms with van der Waals surface area (Å²) in [6.45, 7) is 0. The highest BCUT2D eigenvalue weighted by atomic mass is 32.2. The molecule has 0 aromatic heterocycles. The van der Waals surface area contributed by atoms with Gasteiger partial charge in [-0.1, -0.05) is 12.2 Å². The van der Waals surface area contributed by atoms with Crippen molar-refractivity contribution in [3.05, 3.63) is 36.4 Å². The normalized spacial score (nSPS) is 12.1. The van der Waals surface area contributed by atoms with Crippen LogP contribution in [-0.2, 0) is 10.7 Å². The fraction of sp³-hybridized carbons (Fsp3) is 0.111. The van der Waals surface area contributed by atoms with Gasteiger partial charge in [0.25, 0.3) is 0 Å². The summed E-state index contributed by atoms with van der Waals surface area (Å²) in [4.78, 5) is 0.216. The number of phenols is 1. The lowest BCUT2D eigenvalue weighted by Crippen LogP contribution is -1.76. The summed E-state index contributed by atoms with van der Waals surface area (Å²) in [7, 11) is -2.52. The molecule has 0 unspecified atom stereocenters. The summed E-state index contributed by atoms with van der Waals surface area (Å²) in [5, 5.41) is 8.74. The van der Waals surface area contributed by atoms with Gasteiger partial charge in [0.1, 0.15) is 5.75 Å². The first-order valence-electron chi connectivity index (χ1n) is 3.78. The van der Waals surface area contributed by atoms with Gasteiger partial charge in [-0.3, -0.25) is 0 Å². The van der Waals surface area contributed by atoms with Crippen molar-refractivity contribution in [3.8, 4) is 5.75 Å². The van der Waals surface area contributed by atoms with E-state index in [9.17, 15) is 8.42 Å². The summed E-state index contributed by atoms with van der Waals surface area (Å²) in [5.74, 6) is 0.0700. The highest BCUT2D eigenvalue weighted by Crippen LogP contribution is 2.09. The molecule has 13 heavy (non-hydrogen) atoms. The van der Waals surface area contributed by atoms with Crippen molar-refractivity contribution >= 4 is 10.7 Å². The molecule has 1 N–H and O–H groups in total. The molecule has 3 nitrogen and oxygen atoms in total. The first kappa shape index (κ1) is 9.80. The Morgan fingerprint density at radius 1 is 1.08 bits per heavy atom. The van der Waals surface area contributed by atoms with Crippen LogP contribution in [0, 0.1) is 0 Å². The molecule has 70 valence electrons. The van der Waals surface area contributed by atoms with Crippen LogP contribution in [0.2, 0.25) is 0 Å². The van der Waals surface area contributed by atoms with Crippen molar-refractivity contribution in [2.45, 2.75) is 11.3 Å². The average molecular weight is 198 g/mol. The van der Waals surface area contributed by atoms with E-state index < -0.39 is 10.7 Å². The van der Waals surface area contributed by atoms with Crippen molar-refractivity contribution < 1.29 is 13.5 Å². The Bertz CT molecular complexity index is 351. The van der Waals surface area contributed by atoms with Gasteiger partial charge < -0.3 is 5.11 Å². The van der Waals surface area contributed by atoms with Crippen molar-refractivity contribution in [1.29, 1.82) is 0 Å². The van der Waals surface area contributed by atoms with Gasteiger partial charge in [0.05, 0.1) is 4.90 Å². The van der Waals surface area contributed by atoms with E-state index in [0.29, 0.717) is 0 Å². The third kappa shape index (κ3) is 4.32. The first-order valence-corrected chi connectivity index (χ1v) is 4.96. The molecular formula is C9H10O3S. The molecule has 0 fully saturated rings. The van der Waals surface area contributed by atoms with Crippen molar-refractivity contribution in [1.82, 2.24) is 0 Å².